The Labute approximate surface area is 180 Å². The minimum atomic E-state index is -0.182. The number of hydrogen-bond acceptors (Lipinski definition) is 6. The van der Waals surface area contributed by atoms with Gasteiger partial charge in [-0.1, -0.05) is 23.7 Å². The number of carbonyl (C=O) groups excluding carboxylic acids is 1. The fourth-order valence-electron chi connectivity index (χ4n) is 3.89. The van der Waals surface area contributed by atoms with E-state index in [1.54, 1.807) is 13.8 Å². The molecule has 1 saturated heterocycles. The average Bonchev–Trinajstić information content (AvgIpc) is 3.33. The van der Waals surface area contributed by atoms with Crippen LogP contribution in [0.5, 0.6) is 0 Å². The van der Waals surface area contributed by atoms with Crippen LogP contribution in [0, 0.1) is 13.8 Å². The van der Waals surface area contributed by atoms with E-state index in [9.17, 15) is 4.79 Å². The molecule has 0 N–H and O–H groups in total. The van der Waals surface area contributed by atoms with E-state index in [2.05, 4.69) is 9.97 Å². The van der Waals surface area contributed by atoms with Crippen LogP contribution in [0.25, 0.3) is 11.1 Å². The largest absolute Gasteiger partial charge is 0.436 e. The lowest BCUT2D eigenvalue weighted by atomic mass is 9.99. The number of anilines is 1. The van der Waals surface area contributed by atoms with Crippen LogP contribution in [0.3, 0.4) is 0 Å². The molecule has 1 amide bonds. The first-order valence-electron chi connectivity index (χ1n) is 9.90. The van der Waals surface area contributed by atoms with Crippen molar-refractivity contribution in [3.05, 3.63) is 58.5 Å². The summed E-state index contributed by atoms with van der Waals surface area (Å²) >= 11 is 6.23. The van der Waals surface area contributed by atoms with Crippen molar-refractivity contribution < 1.29 is 9.21 Å². The molecule has 0 unspecified atom stereocenters. The number of carbonyl (C=O) groups is 1. The van der Waals surface area contributed by atoms with E-state index < -0.39 is 0 Å². The van der Waals surface area contributed by atoms with E-state index in [1.165, 1.54) is 0 Å². The van der Waals surface area contributed by atoms with Gasteiger partial charge in [-0.3, -0.25) is 4.79 Å². The summed E-state index contributed by atoms with van der Waals surface area (Å²) in [6.45, 7) is 4.18. The summed E-state index contributed by atoms with van der Waals surface area (Å²) in [4.78, 5) is 30.6. The number of halogens is 1. The number of benzene rings is 1. The Morgan fingerprint density at radius 3 is 2.73 bits per heavy atom. The van der Waals surface area contributed by atoms with Gasteiger partial charge in [-0.15, -0.1) is 0 Å². The van der Waals surface area contributed by atoms with Crippen molar-refractivity contribution in [3.63, 3.8) is 0 Å². The van der Waals surface area contributed by atoms with E-state index >= 15 is 0 Å². The van der Waals surface area contributed by atoms with Crippen molar-refractivity contribution in [1.82, 2.24) is 19.9 Å². The number of oxazole rings is 1. The zero-order valence-electron chi connectivity index (χ0n) is 17.5. The number of likely N-dealkylation sites (tertiary alicyclic amines) is 1. The van der Waals surface area contributed by atoms with Gasteiger partial charge in [0.25, 0.3) is 5.91 Å². The highest BCUT2D eigenvalue weighted by Crippen LogP contribution is 2.38. The van der Waals surface area contributed by atoms with E-state index in [4.69, 9.17) is 21.0 Å². The fourth-order valence-corrected chi connectivity index (χ4v) is 4.08. The van der Waals surface area contributed by atoms with Crippen LogP contribution >= 0.6 is 11.6 Å². The molecule has 0 bridgehead atoms. The molecule has 0 radical (unpaired) electrons. The van der Waals surface area contributed by atoms with Gasteiger partial charge >= 0.3 is 0 Å². The molecule has 1 aromatic carbocycles. The van der Waals surface area contributed by atoms with Crippen molar-refractivity contribution in [1.29, 1.82) is 0 Å². The maximum Gasteiger partial charge on any atom is 0.292 e. The summed E-state index contributed by atoms with van der Waals surface area (Å²) in [6.07, 6.45) is 3.52. The minimum Gasteiger partial charge on any atom is -0.436 e. The average molecular weight is 426 g/mol. The van der Waals surface area contributed by atoms with Crippen molar-refractivity contribution in [2.24, 2.45) is 0 Å². The number of aryl methyl sites for hydroxylation is 2. The third-order valence-corrected chi connectivity index (χ3v) is 5.50. The molecule has 3 heterocycles. The molecule has 8 heteroatoms. The van der Waals surface area contributed by atoms with Crippen LogP contribution in [0.2, 0.25) is 5.02 Å². The van der Waals surface area contributed by atoms with Gasteiger partial charge in [0.1, 0.15) is 0 Å². The molecule has 0 aliphatic carbocycles. The molecule has 156 valence electrons. The Bertz CT molecular complexity index is 1090. The summed E-state index contributed by atoms with van der Waals surface area (Å²) in [5.74, 6) is 1.23. The van der Waals surface area contributed by atoms with Crippen molar-refractivity contribution in [2.45, 2.75) is 32.7 Å². The van der Waals surface area contributed by atoms with Crippen LogP contribution in [0.1, 0.15) is 46.7 Å². The Morgan fingerprint density at radius 2 is 2.07 bits per heavy atom. The van der Waals surface area contributed by atoms with Crippen LogP contribution < -0.4 is 4.90 Å². The molecule has 1 atom stereocenters. The van der Waals surface area contributed by atoms with Crippen LogP contribution in [0.4, 0.5) is 5.95 Å². The third-order valence-electron chi connectivity index (χ3n) is 5.27. The molecule has 0 spiro atoms. The lowest BCUT2D eigenvalue weighted by Crippen LogP contribution is -2.32. The highest BCUT2D eigenvalue weighted by molar-refractivity contribution is 6.30. The maximum atomic E-state index is 13.3. The second-order valence-corrected chi connectivity index (χ2v) is 8.11. The highest BCUT2D eigenvalue weighted by Gasteiger charge is 2.36. The van der Waals surface area contributed by atoms with E-state index in [-0.39, 0.29) is 11.9 Å². The minimum absolute atomic E-state index is 0.155. The Balaban J connectivity index is 1.80. The van der Waals surface area contributed by atoms with Crippen molar-refractivity contribution in [3.8, 4) is 11.1 Å². The van der Waals surface area contributed by atoms with Gasteiger partial charge in [0.2, 0.25) is 11.7 Å². The number of nitrogens with zero attached hydrogens (tertiary/aromatic N) is 5. The monoisotopic (exact) mass is 425 g/mol. The van der Waals surface area contributed by atoms with Gasteiger partial charge < -0.3 is 14.2 Å². The first-order valence-corrected chi connectivity index (χ1v) is 10.3. The van der Waals surface area contributed by atoms with Crippen LogP contribution in [-0.2, 0) is 0 Å². The highest BCUT2D eigenvalue weighted by atomic mass is 35.5. The summed E-state index contributed by atoms with van der Waals surface area (Å²) in [6, 6.07) is 7.43. The van der Waals surface area contributed by atoms with Gasteiger partial charge in [0, 0.05) is 44.3 Å². The van der Waals surface area contributed by atoms with Gasteiger partial charge in [0.05, 0.1) is 17.4 Å². The number of hydrogen-bond donors (Lipinski definition) is 0. The first kappa shape index (κ1) is 20.3. The SMILES string of the molecule is Cc1nc(C)c(C(=O)N2CCC[C@@H]2c2nc(N(C)C)ncc2-c2cccc(Cl)c2)o1. The lowest BCUT2D eigenvalue weighted by molar-refractivity contribution is 0.0698. The molecule has 1 aliphatic rings. The molecule has 30 heavy (non-hydrogen) atoms. The normalized spacial score (nSPS) is 16.2. The van der Waals surface area contributed by atoms with E-state index in [0.29, 0.717) is 34.9 Å². The third kappa shape index (κ3) is 3.77. The molecular weight excluding hydrogens is 402 g/mol. The summed E-state index contributed by atoms with van der Waals surface area (Å²) < 4.78 is 5.60. The molecule has 2 aromatic heterocycles. The number of amides is 1. The van der Waals surface area contributed by atoms with Crippen LogP contribution in [0.15, 0.2) is 34.9 Å². The van der Waals surface area contributed by atoms with Crippen molar-refractivity contribution in [2.75, 3.05) is 25.5 Å². The predicted molar refractivity (Wildman–Crippen MR) is 116 cm³/mol. The summed E-state index contributed by atoms with van der Waals surface area (Å²) in [7, 11) is 3.80. The van der Waals surface area contributed by atoms with E-state index in [1.807, 2.05) is 54.4 Å². The van der Waals surface area contributed by atoms with Gasteiger partial charge in [-0.25, -0.2) is 15.0 Å². The Hall–Kier alpha value is -2.93. The van der Waals surface area contributed by atoms with Crippen molar-refractivity contribution >= 4 is 23.5 Å². The fraction of sp³-hybridized carbons (Fsp3) is 0.364. The molecule has 1 fully saturated rings. The quantitative estimate of drug-likeness (QED) is 0.614. The molecule has 0 saturated carbocycles. The topological polar surface area (TPSA) is 75.4 Å². The number of rotatable bonds is 4. The van der Waals surface area contributed by atoms with Gasteiger partial charge in [-0.05, 0) is 37.5 Å². The lowest BCUT2D eigenvalue weighted by Gasteiger charge is -2.26. The molecule has 7 nitrogen and oxygen atoms in total. The van der Waals surface area contributed by atoms with E-state index in [0.717, 1.165) is 29.7 Å². The number of aromatic nitrogens is 3. The smallest absolute Gasteiger partial charge is 0.292 e. The first-order chi connectivity index (χ1) is 14.3. The molecule has 3 aromatic rings. The van der Waals surface area contributed by atoms with Gasteiger partial charge in [-0.2, -0.15) is 0 Å². The summed E-state index contributed by atoms with van der Waals surface area (Å²) in [5.41, 5.74) is 3.22. The Morgan fingerprint density at radius 1 is 1.27 bits per heavy atom. The Kier molecular flexibility index (Phi) is 5.47. The second kappa shape index (κ2) is 8.07. The second-order valence-electron chi connectivity index (χ2n) is 7.68. The summed E-state index contributed by atoms with van der Waals surface area (Å²) in [5, 5.41) is 0.641. The molecule has 1 aliphatic heterocycles. The predicted octanol–water partition coefficient (Wildman–Crippen LogP) is 4.45. The van der Waals surface area contributed by atoms with Gasteiger partial charge in [0.15, 0.2) is 5.89 Å². The zero-order valence-corrected chi connectivity index (χ0v) is 18.3. The molecular formula is C22H24ClN5O2. The van der Waals surface area contributed by atoms with Crippen LogP contribution in [-0.4, -0.2) is 46.4 Å². The molecule has 4 rings (SSSR count). The maximum absolute atomic E-state index is 13.3. The standard InChI is InChI=1S/C22H24ClN5O2/c1-13-20(30-14(2)25-13)21(29)28-10-6-9-18(28)19-17(12-24-22(26-19)27(3)4)15-7-5-8-16(23)11-15/h5,7-8,11-12,18H,6,9-10H2,1-4H3/t18-/m1/s1. The zero-order chi connectivity index (χ0) is 21.4.